The van der Waals surface area contributed by atoms with Crippen molar-refractivity contribution in [2.45, 2.75) is 32.2 Å². The van der Waals surface area contributed by atoms with Crippen molar-refractivity contribution in [3.05, 3.63) is 22.8 Å². The molecular weight excluding hydrogens is 278 g/mol. The van der Waals surface area contributed by atoms with Crippen molar-refractivity contribution >= 4 is 23.4 Å². The van der Waals surface area contributed by atoms with Crippen molar-refractivity contribution in [3.8, 4) is 0 Å². The maximum atomic E-state index is 11.1. The molecule has 0 atom stereocenters. The molecule has 1 fully saturated rings. The van der Waals surface area contributed by atoms with Gasteiger partial charge in [-0.2, -0.15) is 0 Å². The maximum Gasteiger partial charge on any atom is 0.335 e. The molecule has 6 heteroatoms. The second kappa shape index (κ2) is 6.90. The van der Waals surface area contributed by atoms with Crippen molar-refractivity contribution < 1.29 is 9.90 Å². The van der Waals surface area contributed by atoms with E-state index in [-0.39, 0.29) is 10.7 Å². The number of rotatable bonds is 5. The van der Waals surface area contributed by atoms with E-state index in [2.05, 4.69) is 22.1 Å². The molecule has 1 aliphatic rings. The summed E-state index contributed by atoms with van der Waals surface area (Å²) in [5, 5.41) is 12.7. The summed E-state index contributed by atoms with van der Waals surface area (Å²) >= 11 is 5.96. The highest BCUT2D eigenvalue weighted by atomic mass is 35.5. The van der Waals surface area contributed by atoms with Crippen LogP contribution >= 0.6 is 11.6 Å². The Morgan fingerprint density at radius 2 is 2.20 bits per heavy atom. The van der Waals surface area contributed by atoms with Crippen LogP contribution in [0.4, 0.5) is 5.82 Å². The van der Waals surface area contributed by atoms with Crippen molar-refractivity contribution in [2.24, 2.45) is 0 Å². The third-order valence-corrected chi connectivity index (χ3v) is 3.73. The van der Waals surface area contributed by atoms with Gasteiger partial charge in [0.25, 0.3) is 0 Å². The van der Waals surface area contributed by atoms with Crippen LogP contribution in [0.5, 0.6) is 0 Å². The lowest BCUT2D eigenvalue weighted by molar-refractivity contribution is 0.0696. The molecule has 0 unspecified atom stereocenters. The monoisotopic (exact) mass is 297 g/mol. The number of carboxylic acids is 1. The zero-order valence-electron chi connectivity index (χ0n) is 11.6. The van der Waals surface area contributed by atoms with Crippen LogP contribution in [-0.4, -0.2) is 41.7 Å². The van der Waals surface area contributed by atoms with Gasteiger partial charge < -0.3 is 15.3 Å². The molecule has 0 saturated carbocycles. The highest BCUT2D eigenvalue weighted by Gasteiger charge is 2.22. The van der Waals surface area contributed by atoms with Gasteiger partial charge >= 0.3 is 5.97 Å². The first-order valence-electron chi connectivity index (χ1n) is 7.00. The Morgan fingerprint density at radius 1 is 1.50 bits per heavy atom. The molecule has 2 rings (SSSR count). The van der Waals surface area contributed by atoms with E-state index >= 15 is 0 Å². The number of aromatic carboxylic acids is 1. The van der Waals surface area contributed by atoms with E-state index in [1.165, 1.54) is 6.07 Å². The number of hydrogen-bond acceptors (Lipinski definition) is 4. The minimum atomic E-state index is -0.975. The van der Waals surface area contributed by atoms with Gasteiger partial charge in [-0.25, -0.2) is 9.78 Å². The van der Waals surface area contributed by atoms with E-state index in [9.17, 15) is 4.79 Å². The minimum Gasteiger partial charge on any atom is -0.478 e. The maximum absolute atomic E-state index is 11.1. The summed E-state index contributed by atoms with van der Waals surface area (Å²) in [5.74, 6) is -0.305. The summed E-state index contributed by atoms with van der Waals surface area (Å²) in [7, 11) is 0. The fourth-order valence-electron chi connectivity index (χ4n) is 2.60. The zero-order chi connectivity index (χ0) is 14.5. The van der Waals surface area contributed by atoms with Crippen LogP contribution < -0.4 is 10.2 Å². The zero-order valence-corrected chi connectivity index (χ0v) is 12.4. The van der Waals surface area contributed by atoms with Gasteiger partial charge in [0.2, 0.25) is 0 Å². The molecule has 110 valence electrons. The molecule has 5 nitrogen and oxygen atoms in total. The normalized spacial score (nSPS) is 16.1. The standard InChI is InChI=1S/C14H20ClN3O2/c1-2-7-18(11-3-5-16-6-4-11)13-9-10(14(19)20)8-12(15)17-13/h8-9,11,16H,2-7H2,1H3,(H,19,20). The van der Waals surface area contributed by atoms with Crippen LogP contribution in [0.15, 0.2) is 12.1 Å². The Morgan fingerprint density at radius 3 is 2.80 bits per heavy atom. The van der Waals surface area contributed by atoms with Crippen LogP contribution in [0.3, 0.4) is 0 Å². The predicted molar refractivity (Wildman–Crippen MR) is 79.7 cm³/mol. The Hall–Kier alpha value is -1.33. The Bertz CT molecular complexity index is 475. The number of piperidine rings is 1. The first-order valence-corrected chi connectivity index (χ1v) is 7.38. The number of hydrogen-bond donors (Lipinski definition) is 2. The molecular formula is C14H20ClN3O2. The summed E-state index contributed by atoms with van der Waals surface area (Å²) in [5.41, 5.74) is 0.190. The average molecular weight is 298 g/mol. The first kappa shape index (κ1) is 15.1. The van der Waals surface area contributed by atoms with Gasteiger partial charge in [0.15, 0.2) is 0 Å². The van der Waals surface area contributed by atoms with Gasteiger partial charge in [-0.05, 0) is 44.5 Å². The number of aromatic nitrogens is 1. The summed E-state index contributed by atoms with van der Waals surface area (Å²) in [6, 6.07) is 3.40. The van der Waals surface area contributed by atoms with Crippen LogP contribution in [0.2, 0.25) is 5.15 Å². The Kier molecular flexibility index (Phi) is 5.20. The molecule has 0 amide bonds. The second-order valence-corrected chi connectivity index (χ2v) is 5.40. The SMILES string of the molecule is CCCN(c1cc(C(=O)O)cc(Cl)n1)C1CCNCC1. The second-order valence-electron chi connectivity index (χ2n) is 5.02. The number of anilines is 1. The van der Waals surface area contributed by atoms with E-state index in [1.807, 2.05) is 0 Å². The molecule has 2 heterocycles. The number of carbonyl (C=O) groups is 1. The van der Waals surface area contributed by atoms with Crippen molar-refractivity contribution in [3.63, 3.8) is 0 Å². The van der Waals surface area contributed by atoms with Gasteiger partial charge in [0, 0.05) is 12.6 Å². The van der Waals surface area contributed by atoms with Crippen LogP contribution in [0.25, 0.3) is 0 Å². The molecule has 20 heavy (non-hydrogen) atoms. The van der Waals surface area contributed by atoms with Gasteiger partial charge in [0.05, 0.1) is 5.56 Å². The molecule has 0 radical (unpaired) electrons. The predicted octanol–water partition coefficient (Wildman–Crippen LogP) is 2.40. The lowest BCUT2D eigenvalue weighted by atomic mass is 10.0. The number of carboxylic acid groups (broad SMARTS) is 1. The van der Waals surface area contributed by atoms with E-state index in [4.69, 9.17) is 16.7 Å². The number of nitrogens with zero attached hydrogens (tertiary/aromatic N) is 2. The largest absolute Gasteiger partial charge is 0.478 e. The molecule has 0 aliphatic carbocycles. The van der Waals surface area contributed by atoms with Crippen LogP contribution in [0.1, 0.15) is 36.5 Å². The van der Waals surface area contributed by atoms with Crippen molar-refractivity contribution in [1.82, 2.24) is 10.3 Å². The number of pyridine rings is 1. The molecule has 0 bridgehead atoms. The lowest BCUT2D eigenvalue weighted by Crippen LogP contribution is -2.44. The fraction of sp³-hybridized carbons (Fsp3) is 0.571. The fourth-order valence-corrected chi connectivity index (χ4v) is 2.80. The molecule has 1 aliphatic heterocycles. The van der Waals surface area contributed by atoms with Gasteiger partial charge in [0.1, 0.15) is 11.0 Å². The summed E-state index contributed by atoms with van der Waals surface area (Å²) in [4.78, 5) is 17.7. The van der Waals surface area contributed by atoms with Crippen molar-refractivity contribution in [1.29, 1.82) is 0 Å². The Balaban J connectivity index is 2.30. The van der Waals surface area contributed by atoms with Gasteiger partial charge in [-0.1, -0.05) is 18.5 Å². The molecule has 0 aromatic carbocycles. The smallest absolute Gasteiger partial charge is 0.335 e. The van der Waals surface area contributed by atoms with E-state index < -0.39 is 5.97 Å². The molecule has 1 aromatic rings. The number of nitrogens with one attached hydrogen (secondary N) is 1. The molecule has 1 aromatic heterocycles. The summed E-state index contributed by atoms with van der Waals surface area (Å²) in [6.45, 7) is 4.93. The van der Waals surface area contributed by atoms with Gasteiger partial charge in [-0.15, -0.1) is 0 Å². The number of halogens is 1. The minimum absolute atomic E-state index is 0.190. The third-order valence-electron chi connectivity index (χ3n) is 3.54. The van der Waals surface area contributed by atoms with Gasteiger partial charge in [-0.3, -0.25) is 0 Å². The summed E-state index contributed by atoms with van der Waals surface area (Å²) < 4.78 is 0. The molecule has 1 saturated heterocycles. The van der Waals surface area contributed by atoms with E-state index in [0.717, 1.165) is 38.9 Å². The quantitative estimate of drug-likeness (QED) is 0.817. The van der Waals surface area contributed by atoms with E-state index in [1.54, 1.807) is 6.07 Å². The Labute approximate surface area is 123 Å². The third kappa shape index (κ3) is 3.61. The highest BCUT2D eigenvalue weighted by Crippen LogP contribution is 2.23. The van der Waals surface area contributed by atoms with Crippen LogP contribution in [-0.2, 0) is 0 Å². The topological polar surface area (TPSA) is 65.5 Å². The van der Waals surface area contributed by atoms with E-state index in [0.29, 0.717) is 11.9 Å². The summed E-state index contributed by atoms with van der Waals surface area (Å²) in [6.07, 6.45) is 3.06. The van der Waals surface area contributed by atoms with Crippen LogP contribution in [0, 0.1) is 0 Å². The molecule has 2 N–H and O–H groups in total. The average Bonchev–Trinajstić information content (AvgIpc) is 2.45. The molecule has 0 spiro atoms. The highest BCUT2D eigenvalue weighted by molar-refractivity contribution is 6.29. The van der Waals surface area contributed by atoms with Crippen molar-refractivity contribution in [2.75, 3.05) is 24.5 Å². The first-order chi connectivity index (χ1) is 9.61. The lowest BCUT2D eigenvalue weighted by Gasteiger charge is -2.35.